The van der Waals surface area contributed by atoms with E-state index in [2.05, 4.69) is 5.32 Å². The van der Waals surface area contributed by atoms with Crippen LogP contribution in [0.5, 0.6) is 5.75 Å². The molecule has 1 saturated heterocycles. The highest BCUT2D eigenvalue weighted by atomic mass is 32.2. The van der Waals surface area contributed by atoms with Crippen LogP contribution in [0.25, 0.3) is 0 Å². The first-order valence-electron chi connectivity index (χ1n) is 8.49. The third-order valence-electron chi connectivity index (χ3n) is 4.06. The van der Waals surface area contributed by atoms with Crippen molar-refractivity contribution in [1.29, 1.82) is 0 Å². The minimum absolute atomic E-state index is 0.0821. The summed E-state index contributed by atoms with van der Waals surface area (Å²) >= 11 is 0. The molecule has 1 aliphatic heterocycles. The first-order chi connectivity index (χ1) is 12.4. The fourth-order valence-corrected chi connectivity index (χ4v) is 4.34. The molecule has 1 fully saturated rings. The molecule has 1 N–H and O–H groups in total. The quantitative estimate of drug-likeness (QED) is 0.669. The van der Waals surface area contributed by atoms with Crippen molar-refractivity contribution >= 4 is 21.9 Å². The van der Waals surface area contributed by atoms with Crippen molar-refractivity contribution in [3.63, 3.8) is 0 Å². The molecule has 0 saturated carbocycles. The van der Waals surface area contributed by atoms with Crippen LogP contribution < -0.4 is 10.1 Å². The fraction of sp³-hybridized carbons (Fsp3) is 0.529. The molecular formula is C17H24N2O6S. The van der Waals surface area contributed by atoms with Crippen LogP contribution in [0.4, 0.5) is 0 Å². The van der Waals surface area contributed by atoms with Gasteiger partial charge in [-0.1, -0.05) is 6.92 Å². The maximum atomic E-state index is 12.8. The molecule has 8 nitrogen and oxygen atoms in total. The van der Waals surface area contributed by atoms with Crippen LogP contribution in [0.15, 0.2) is 29.2 Å². The van der Waals surface area contributed by atoms with E-state index in [1.807, 2.05) is 6.92 Å². The Labute approximate surface area is 153 Å². The number of nitrogens with zero attached hydrogens (tertiary/aromatic N) is 1. The molecule has 0 aromatic heterocycles. The second-order valence-corrected chi connectivity index (χ2v) is 7.80. The monoisotopic (exact) mass is 384 g/mol. The molecule has 1 aromatic carbocycles. The van der Waals surface area contributed by atoms with Crippen LogP contribution in [0, 0.1) is 0 Å². The van der Waals surface area contributed by atoms with Gasteiger partial charge in [0.2, 0.25) is 10.0 Å². The van der Waals surface area contributed by atoms with Crippen molar-refractivity contribution in [3.8, 4) is 5.75 Å². The first-order valence-corrected chi connectivity index (χ1v) is 9.93. The number of ether oxygens (including phenoxy) is 2. The highest BCUT2D eigenvalue weighted by Gasteiger charge is 2.40. The standard InChI is InChI=1S/C17H24N2O6S/c1-3-10-18-16(20)12-25-17(21)15-5-4-11-19(15)26(22,23)14-8-6-13(24-2)7-9-14/h6-9,15H,3-5,10-12H2,1-2H3,(H,18,20)/t15-/m0/s1. The van der Waals surface area contributed by atoms with Crippen molar-refractivity contribution in [2.75, 3.05) is 26.8 Å². The minimum Gasteiger partial charge on any atom is -0.497 e. The number of rotatable bonds is 8. The summed E-state index contributed by atoms with van der Waals surface area (Å²) in [5.41, 5.74) is 0. The van der Waals surface area contributed by atoms with Crippen molar-refractivity contribution < 1.29 is 27.5 Å². The predicted molar refractivity (Wildman–Crippen MR) is 94.2 cm³/mol. The maximum Gasteiger partial charge on any atom is 0.324 e. The summed E-state index contributed by atoms with van der Waals surface area (Å²) < 4.78 is 36.8. The topological polar surface area (TPSA) is 102 Å². The third kappa shape index (κ3) is 4.73. The van der Waals surface area contributed by atoms with E-state index < -0.39 is 34.5 Å². The largest absolute Gasteiger partial charge is 0.497 e. The highest BCUT2D eigenvalue weighted by Crippen LogP contribution is 2.27. The van der Waals surface area contributed by atoms with Gasteiger partial charge in [-0.2, -0.15) is 4.31 Å². The van der Waals surface area contributed by atoms with Crippen molar-refractivity contribution in [2.24, 2.45) is 0 Å². The molecular weight excluding hydrogens is 360 g/mol. The van der Waals surface area contributed by atoms with Gasteiger partial charge in [0.05, 0.1) is 12.0 Å². The van der Waals surface area contributed by atoms with E-state index in [1.165, 1.54) is 19.2 Å². The van der Waals surface area contributed by atoms with Crippen LogP contribution in [0.3, 0.4) is 0 Å². The van der Waals surface area contributed by atoms with E-state index in [0.29, 0.717) is 25.1 Å². The molecule has 2 rings (SSSR count). The fourth-order valence-electron chi connectivity index (χ4n) is 2.69. The van der Waals surface area contributed by atoms with E-state index in [0.717, 1.165) is 10.7 Å². The Morgan fingerprint density at radius 2 is 1.96 bits per heavy atom. The number of carbonyl (C=O) groups is 2. The van der Waals surface area contributed by atoms with Gasteiger partial charge in [-0.15, -0.1) is 0 Å². The van der Waals surface area contributed by atoms with Crippen LogP contribution in [0.1, 0.15) is 26.2 Å². The number of amides is 1. The lowest BCUT2D eigenvalue weighted by Gasteiger charge is -2.22. The number of carbonyl (C=O) groups excluding carboxylic acids is 2. The maximum absolute atomic E-state index is 12.8. The lowest BCUT2D eigenvalue weighted by molar-refractivity contribution is -0.151. The van der Waals surface area contributed by atoms with Crippen LogP contribution >= 0.6 is 0 Å². The lowest BCUT2D eigenvalue weighted by Crippen LogP contribution is -2.42. The van der Waals surface area contributed by atoms with Gasteiger partial charge in [0.25, 0.3) is 5.91 Å². The zero-order valence-corrected chi connectivity index (χ0v) is 15.8. The zero-order valence-electron chi connectivity index (χ0n) is 14.9. The molecule has 1 amide bonds. The lowest BCUT2D eigenvalue weighted by atomic mass is 10.2. The highest BCUT2D eigenvalue weighted by molar-refractivity contribution is 7.89. The molecule has 1 aliphatic rings. The Morgan fingerprint density at radius 3 is 2.58 bits per heavy atom. The summed E-state index contributed by atoms with van der Waals surface area (Å²) in [7, 11) is -2.34. The molecule has 0 bridgehead atoms. The molecule has 0 radical (unpaired) electrons. The van der Waals surface area contributed by atoms with Gasteiger partial charge < -0.3 is 14.8 Å². The van der Waals surface area contributed by atoms with Crippen molar-refractivity contribution in [3.05, 3.63) is 24.3 Å². The van der Waals surface area contributed by atoms with Gasteiger partial charge in [0.15, 0.2) is 6.61 Å². The summed E-state index contributed by atoms with van der Waals surface area (Å²) in [5.74, 6) is -0.562. The van der Waals surface area contributed by atoms with Crippen LogP contribution in [0.2, 0.25) is 0 Å². The van der Waals surface area contributed by atoms with Crippen LogP contribution in [-0.4, -0.2) is 57.4 Å². The van der Waals surface area contributed by atoms with E-state index in [-0.39, 0.29) is 11.4 Å². The van der Waals surface area contributed by atoms with Gasteiger partial charge in [0, 0.05) is 13.1 Å². The van der Waals surface area contributed by atoms with Gasteiger partial charge in [0.1, 0.15) is 11.8 Å². The molecule has 26 heavy (non-hydrogen) atoms. The molecule has 0 unspecified atom stereocenters. The Morgan fingerprint density at radius 1 is 1.27 bits per heavy atom. The summed E-state index contributed by atoms with van der Waals surface area (Å²) in [6.45, 7) is 2.23. The molecule has 1 heterocycles. The van der Waals surface area contributed by atoms with E-state index in [1.54, 1.807) is 12.1 Å². The Hall–Kier alpha value is -2.13. The number of sulfonamides is 1. The molecule has 9 heteroatoms. The average Bonchev–Trinajstić information content (AvgIpc) is 3.15. The molecule has 0 spiro atoms. The van der Waals surface area contributed by atoms with Gasteiger partial charge in [-0.25, -0.2) is 8.42 Å². The first kappa shape index (κ1) is 20.2. The Kier molecular flexibility index (Phi) is 6.98. The summed E-state index contributed by atoms with van der Waals surface area (Å²) in [5, 5.41) is 2.60. The number of methoxy groups -OCH3 is 1. The second kappa shape index (κ2) is 9.00. The van der Waals surface area contributed by atoms with Crippen LogP contribution in [-0.2, 0) is 24.3 Å². The SMILES string of the molecule is CCCNC(=O)COC(=O)[C@@H]1CCCN1S(=O)(=O)c1ccc(OC)cc1. The smallest absolute Gasteiger partial charge is 0.324 e. The summed E-state index contributed by atoms with van der Waals surface area (Å²) in [4.78, 5) is 23.9. The second-order valence-electron chi connectivity index (χ2n) is 5.91. The molecule has 0 aliphatic carbocycles. The van der Waals surface area contributed by atoms with Gasteiger partial charge in [-0.3, -0.25) is 9.59 Å². The zero-order chi connectivity index (χ0) is 19.2. The van der Waals surface area contributed by atoms with Crippen molar-refractivity contribution in [2.45, 2.75) is 37.1 Å². The number of hydrogen-bond acceptors (Lipinski definition) is 6. The van der Waals surface area contributed by atoms with Gasteiger partial charge in [-0.05, 0) is 43.5 Å². The van der Waals surface area contributed by atoms with E-state index in [4.69, 9.17) is 9.47 Å². The van der Waals surface area contributed by atoms with Gasteiger partial charge >= 0.3 is 5.97 Å². The number of nitrogens with one attached hydrogen (secondary N) is 1. The van der Waals surface area contributed by atoms with E-state index >= 15 is 0 Å². The number of hydrogen-bond donors (Lipinski definition) is 1. The van der Waals surface area contributed by atoms with E-state index in [9.17, 15) is 18.0 Å². The van der Waals surface area contributed by atoms with Crippen molar-refractivity contribution in [1.82, 2.24) is 9.62 Å². The summed E-state index contributed by atoms with van der Waals surface area (Å²) in [6, 6.07) is 5.06. The number of benzene rings is 1. The third-order valence-corrected chi connectivity index (χ3v) is 5.98. The normalized spacial score (nSPS) is 17.7. The molecule has 144 valence electrons. The molecule has 1 atom stereocenters. The molecule has 1 aromatic rings. The number of esters is 1. The summed E-state index contributed by atoms with van der Waals surface area (Å²) in [6.07, 6.45) is 1.69. The minimum atomic E-state index is -3.83. The average molecular weight is 384 g/mol. The Balaban J connectivity index is 2.05. The Bertz CT molecular complexity index is 732. The predicted octanol–water partition coefficient (Wildman–Crippen LogP) is 0.918.